The number of cyclic esters (lactones) is 1. The van der Waals surface area contributed by atoms with Crippen LogP contribution in [-0.2, 0) is 14.3 Å². The summed E-state index contributed by atoms with van der Waals surface area (Å²) in [5, 5.41) is 2.62. The summed E-state index contributed by atoms with van der Waals surface area (Å²) < 4.78 is 20.1. The van der Waals surface area contributed by atoms with Crippen LogP contribution in [-0.4, -0.2) is 68.7 Å². The lowest BCUT2D eigenvalue weighted by molar-refractivity contribution is -0.119. The van der Waals surface area contributed by atoms with Gasteiger partial charge in [0, 0.05) is 38.5 Å². The summed E-state index contributed by atoms with van der Waals surface area (Å²) in [7, 11) is 0. The van der Waals surface area contributed by atoms with Gasteiger partial charge in [-0.05, 0) is 31.0 Å². The zero-order chi connectivity index (χ0) is 20.6. The molecule has 1 unspecified atom stereocenters. The number of hydrogen-bond acceptors (Lipinski definition) is 5. The number of rotatable bonds is 5. The molecule has 1 N–H and O–H groups in total. The average Bonchev–Trinajstić information content (AvgIpc) is 3.39. The van der Waals surface area contributed by atoms with Crippen molar-refractivity contribution >= 4 is 29.8 Å². The van der Waals surface area contributed by atoms with Gasteiger partial charge in [-0.25, -0.2) is 9.18 Å². The molecule has 1 aromatic carbocycles. The second-order valence-electron chi connectivity index (χ2n) is 8.19. The Morgan fingerprint density at radius 2 is 2.14 bits per heavy atom. The van der Waals surface area contributed by atoms with Crippen LogP contribution in [0.1, 0.15) is 19.8 Å². The highest BCUT2D eigenvalue weighted by Crippen LogP contribution is 2.41. The Morgan fingerprint density at radius 1 is 1.34 bits per heavy atom. The highest BCUT2D eigenvalue weighted by atomic mass is 19.1. The molecule has 3 fully saturated rings. The summed E-state index contributed by atoms with van der Waals surface area (Å²) >= 11 is 0. The van der Waals surface area contributed by atoms with Crippen LogP contribution in [0.15, 0.2) is 18.2 Å². The Hall–Kier alpha value is -2.84. The van der Waals surface area contributed by atoms with Gasteiger partial charge in [-0.2, -0.15) is 0 Å². The fraction of sp³-hybridized carbons (Fsp3) is 0.550. The van der Waals surface area contributed by atoms with E-state index in [0.29, 0.717) is 11.4 Å². The number of nitrogens with zero attached hydrogens (tertiary/aromatic N) is 3. The third kappa shape index (κ3) is 3.86. The van der Waals surface area contributed by atoms with E-state index in [1.165, 1.54) is 17.9 Å². The van der Waals surface area contributed by atoms with Crippen molar-refractivity contribution in [1.82, 2.24) is 10.2 Å². The average molecular weight is 404 g/mol. The Balaban J connectivity index is 1.43. The second kappa shape index (κ2) is 7.53. The predicted octanol–water partition coefficient (Wildman–Crippen LogP) is 1.35. The van der Waals surface area contributed by atoms with Crippen LogP contribution in [0.4, 0.5) is 20.6 Å². The molecule has 0 aliphatic carbocycles. The van der Waals surface area contributed by atoms with Gasteiger partial charge in [0.15, 0.2) is 0 Å². The number of carbonyl (C=O) groups is 3. The van der Waals surface area contributed by atoms with Gasteiger partial charge in [-0.15, -0.1) is 0 Å². The van der Waals surface area contributed by atoms with Crippen molar-refractivity contribution in [1.29, 1.82) is 0 Å². The zero-order valence-electron chi connectivity index (χ0n) is 16.4. The van der Waals surface area contributed by atoms with E-state index in [0.717, 1.165) is 45.4 Å². The molecule has 0 aromatic heterocycles. The van der Waals surface area contributed by atoms with Gasteiger partial charge in [-0.1, -0.05) is 0 Å². The van der Waals surface area contributed by atoms with E-state index in [1.54, 1.807) is 17.0 Å². The van der Waals surface area contributed by atoms with Crippen LogP contribution in [0.2, 0.25) is 0 Å². The maximum absolute atomic E-state index is 14.9. The molecule has 3 amide bonds. The summed E-state index contributed by atoms with van der Waals surface area (Å²) in [6, 6.07) is 4.77. The van der Waals surface area contributed by atoms with Gasteiger partial charge >= 0.3 is 6.09 Å². The zero-order valence-corrected chi connectivity index (χ0v) is 16.4. The third-order valence-electron chi connectivity index (χ3n) is 6.09. The first kappa shape index (κ1) is 19.5. The Morgan fingerprint density at radius 3 is 2.83 bits per heavy atom. The van der Waals surface area contributed by atoms with Gasteiger partial charge in [0.05, 0.1) is 24.5 Å². The Labute approximate surface area is 168 Å². The summed E-state index contributed by atoms with van der Waals surface area (Å²) in [6.45, 7) is 4.83. The molecule has 0 bridgehead atoms. The van der Waals surface area contributed by atoms with Crippen LogP contribution in [0.25, 0.3) is 0 Å². The molecule has 3 heterocycles. The van der Waals surface area contributed by atoms with E-state index < -0.39 is 12.2 Å². The Kier molecular flexibility index (Phi) is 5.06. The van der Waals surface area contributed by atoms with E-state index in [9.17, 15) is 18.8 Å². The molecule has 0 radical (unpaired) electrons. The van der Waals surface area contributed by atoms with Gasteiger partial charge in [0.25, 0.3) is 0 Å². The molecule has 3 aliphatic heterocycles. The monoisotopic (exact) mass is 404 g/mol. The summed E-state index contributed by atoms with van der Waals surface area (Å²) in [6.07, 6.45) is 1.75. The first-order chi connectivity index (χ1) is 13.9. The van der Waals surface area contributed by atoms with Crippen molar-refractivity contribution in [3.63, 3.8) is 0 Å². The lowest BCUT2D eigenvalue weighted by atomic mass is 9.86. The van der Waals surface area contributed by atoms with Crippen molar-refractivity contribution in [3.8, 4) is 0 Å². The normalized spacial score (nSPS) is 26.3. The topological polar surface area (TPSA) is 82.2 Å². The number of benzene rings is 1. The van der Waals surface area contributed by atoms with Crippen molar-refractivity contribution in [3.05, 3.63) is 24.0 Å². The molecule has 3 saturated heterocycles. The number of ether oxygens (including phenoxy) is 1. The van der Waals surface area contributed by atoms with Crippen molar-refractivity contribution in [2.24, 2.45) is 5.41 Å². The van der Waals surface area contributed by atoms with Crippen molar-refractivity contribution < 1.29 is 23.5 Å². The quantitative estimate of drug-likeness (QED) is 0.749. The number of anilines is 2. The first-order valence-corrected chi connectivity index (χ1v) is 9.86. The Bertz CT molecular complexity index is 835. The van der Waals surface area contributed by atoms with Gasteiger partial charge in [0.2, 0.25) is 12.3 Å². The smallest absolute Gasteiger partial charge is 0.414 e. The van der Waals surface area contributed by atoms with E-state index in [4.69, 9.17) is 4.74 Å². The minimum absolute atomic E-state index is 0.0434. The third-order valence-corrected chi connectivity index (χ3v) is 6.09. The second-order valence-corrected chi connectivity index (χ2v) is 8.19. The standard InChI is InChI=1S/C20H25FN4O4/c1-14(27)22-9-16-10-25(19(28)29-16)15-2-3-18(17(21)8-15)24-7-5-20(12-24)4-6-23(11-20)13-26/h2-3,8,13,16H,4-7,9-12H2,1H3,(H,22,27)/t16-,20?/m0/s1. The van der Waals surface area contributed by atoms with E-state index >= 15 is 0 Å². The maximum Gasteiger partial charge on any atom is 0.414 e. The van der Waals surface area contributed by atoms with Crippen LogP contribution in [0.5, 0.6) is 0 Å². The molecule has 156 valence electrons. The number of carbonyl (C=O) groups excluding carboxylic acids is 3. The van der Waals surface area contributed by atoms with Gasteiger partial charge in [0.1, 0.15) is 11.9 Å². The molecular weight excluding hydrogens is 379 g/mol. The van der Waals surface area contributed by atoms with Crippen molar-refractivity contribution in [2.75, 3.05) is 49.1 Å². The van der Waals surface area contributed by atoms with Gasteiger partial charge in [-0.3, -0.25) is 14.5 Å². The lowest BCUT2D eigenvalue weighted by Gasteiger charge is -2.25. The molecular formula is C20H25FN4O4. The van der Waals surface area contributed by atoms with E-state index in [-0.39, 0.29) is 30.2 Å². The van der Waals surface area contributed by atoms with Crippen LogP contribution < -0.4 is 15.1 Å². The fourth-order valence-corrected chi connectivity index (χ4v) is 4.55. The molecule has 29 heavy (non-hydrogen) atoms. The lowest BCUT2D eigenvalue weighted by Crippen LogP contribution is -2.33. The van der Waals surface area contributed by atoms with Crippen LogP contribution in [0.3, 0.4) is 0 Å². The largest absolute Gasteiger partial charge is 0.442 e. The number of nitrogens with one attached hydrogen (secondary N) is 1. The molecule has 9 heteroatoms. The maximum atomic E-state index is 14.9. The van der Waals surface area contributed by atoms with Crippen LogP contribution >= 0.6 is 0 Å². The summed E-state index contributed by atoms with van der Waals surface area (Å²) in [5.41, 5.74) is 0.989. The minimum Gasteiger partial charge on any atom is -0.442 e. The number of likely N-dealkylation sites (tertiary alicyclic amines) is 1. The molecule has 4 rings (SSSR count). The van der Waals surface area contributed by atoms with Crippen molar-refractivity contribution in [2.45, 2.75) is 25.9 Å². The van der Waals surface area contributed by atoms with Crippen LogP contribution in [0, 0.1) is 11.2 Å². The molecule has 1 aromatic rings. The van der Waals surface area contributed by atoms with E-state index in [1.807, 2.05) is 4.90 Å². The highest BCUT2D eigenvalue weighted by molar-refractivity contribution is 5.90. The molecule has 3 aliphatic rings. The molecule has 8 nitrogen and oxygen atoms in total. The fourth-order valence-electron chi connectivity index (χ4n) is 4.55. The van der Waals surface area contributed by atoms with E-state index in [2.05, 4.69) is 5.32 Å². The highest BCUT2D eigenvalue weighted by Gasteiger charge is 2.43. The SMILES string of the molecule is CC(=O)NC[C@H]1CN(c2ccc(N3CCC4(CCN(C=O)C4)C3)c(F)c2)C(=O)O1. The number of amides is 3. The number of halogens is 1. The molecule has 2 atom stereocenters. The minimum atomic E-state index is -0.549. The summed E-state index contributed by atoms with van der Waals surface area (Å²) in [4.78, 5) is 39.4. The predicted molar refractivity (Wildman–Crippen MR) is 104 cm³/mol. The van der Waals surface area contributed by atoms with Gasteiger partial charge < -0.3 is 19.9 Å². The molecule has 1 spiro atoms. The first-order valence-electron chi connectivity index (χ1n) is 9.86. The number of hydrogen-bond donors (Lipinski definition) is 1. The summed E-state index contributed by atoms with van der Waals surface area (Å²) in [5.74, 6) is -0.584. The molecule has 0 saturated carbocycles.